The minimum absolute atomic E-state index is 0.279. The first-order valence-corrected chi connectivity index (χ1v) is 59.8. The molecule has 5 aromatic heterocycles. The molecule has 40 atom stereocenters. The highest BCUT2D eigenvalue weighted by Gasteiger charge is 2.66. The van der Waals surface area contributed by atoms with E-state index < -0.39 is 41.1 Å². The molecule has 0 amide bonds. The number of methoxy groups -OCH3 is 1. The molecule has 0 unspecified atom stereocenters. The van der Waals surface area contributed by atoms with Crippen LogP contribution in [-0.4, -0.2) is 144 Å². The van der Waals surface area contributed by atoms with Crippen molar-refractivity contribution in [1.29, 1.82) is 0 Å². The summed E-state index contributed by atoms with van der Waals surface area (Å²) in [4.78, 5) is 13.7. The van der Waals surface area contributed by atoms with Gasteiger partial charge in [-0.15, -0.1) is 0 Å². The van der Waals surface area contributed by atoms with Gasteiger partial charge in [0.15, 0.2) is 0 Å². The number of hydrogen-bond donors (Lipinski definition) is 5. The number of alkyl halides is 3. The Morgan fingerprint density at radius 1 is 0.340 bits per heavy atom. The van der Waals surface area contributed by atoms with Crippen LogP contribution in [0.5, 0.6) is 0 Å². The molecule has 0 bridgehead atoms. The monoisotopic (exact) mass is 2040 g/mol. The molecule has 147 heavy (non-hydrogen) atoms. The number of allylic oxidation sites excluding steroid dienone is 5. The Morgan fingerprint density at radius 2 is 0.633 bits per heavy atom. The van der Waals surface area contributed by atoms with Crippen molar-refractivity contribution < 1.29 is 43.4 Å². The highest BCUT2D eigenvalue weighted by atomic mass is 35.5. The number of imidazole rings is 2. The molecule has 20 aliphatic carbocycles. The number of aromatic nitrogens is 13. The molecule has 0 aliphatic heterocycles. The van der Waals surface area contributed by atoms with Gasteiger partial charge in [-0.2, -0.15) is 45.0 Å². The maximum atomic E-state index is 13.4. The number of halogens is 4. The van der Waals surface area contributed by atoms with Gasteiger partial charge in [-0.1, -0.05) is 101 Å². The lowest BCUT2D eigenvalue weighted by atomic mass is 9.48. The Bertz CT molecular complexity index is 5390. The molecule has 0 saturated heterocycles. The van der Waals surface area contributed by atoms with Crippen LogP contribution in [0.4, 0.5) is 13.2 Å². The second-order valence-corrected chi connectivity index (χ2v) is 55.6. The molecule has 0 radical (unpaired) electrons. The molecule has 25 rings (SSSR count). The van der Waals surface area contributed by atoms with E-state index in [4.69, 9.17) is 16.3 Å². The number of aliphatic hydroxyl groups is 5. The fraction of sp³-hybridized carbons (Fsp3) is 0.806. The van der Waals surface area contributed by atoms with Gasteiger partial charge < -0.3 is 39.4 Å². The van der Waals surface area contributed by atoms with E-state index in [9.17, 15) is 38.7 Å². The minimum atomic E-state index is -2.61. The van der Waals surface area contributed by atoms with Crippen molar-refractivity contribution in [2.75, 3.05) is 20.4 Å². The third-order valence-corrected chi connectivity index (χ3v) is 48.7. The zero-order valence-electron chi connectivity index (χ0n) is 90.6. The van der Waals surface area contributed by atoms with Gasteiger partial charge in [-0.25, -0.2) is 23.1 Å². The van der Waals surface area contributed by atoms with E-state index in [-0.39, 0.29) is 12.3 Å². The third kappa shape index (κ3) is 20.4. The van der Waals surface area contributed by atoms with E-state index in [1.54, 1.807) is 58.7 Å². The van der Waals surface area contributed by atoms with Gasteiger partial charge in [0.1, 0.15) is 17.9 Å². The lowest BCUT2D eigenvalue weighted by Crippen LogP contribution is -2.52. The highest BCUT2D eigenvalue weighted by Crippen LogP contribution is 2.73. The van der Waals surface area contributed by atoms with E-state index in [0.29, 0.717) is 118 Å². The number of rotatable bonds is 19. The molecule has 20 aliphatic rings. The molecule has 808 valence electrons. The minimum Gasteiger partial charge on any atom is -0.390 e. The van der Waals surface area contributed by atoms with Gasteiger partial charge in [-0.3, -0.25) is 0 Å². The van der Waals surface area contributed by atoms with Crippen LogP contribution in [-0.2, 0) is 37.5 Å². The molecule has 19 nitrogen and oxygen atoms in total. The standard InChI is InChI=1S/C26H35ClN2O.C25H36F2N2O.C25H39N3O2.C24H36FN3O.C24H37N3O/c1-18(16-29-14-13-28-17-29)23-5-6-24-22-4-3-19-15-26(30,11-12-27)10-8-20(19)21(22)7-9-25(23,24)2;1-16(14-29-12-11-28-15-29)21-5-6-22-20-4-3-17-13-25(30,23(26)27)10-8-18(17)19(20)7-9-24(21,22)2;1-17(15-28-26-12-13-27-28)22-6-7-23-21-5-4-18-14-25(29,16-30-3)11-9-19(18)20(21)8-10-24(22,23)2;1-16(14-28-26-11-12-27-28)21-5-6-22-20-4-3-17-13-24(29,15-25)10-8-18(17)19(20)7-9-23(21,22)2;1-16(15-27-25-12-13-26-27)21-6-7-22-20-5-4-17-14-23(2,28)10-8-18(17)19(20)9-11-24(21,22)3/h13-14,17,19-24,30H,1,3-10,15-16H2,2H3;11-12,15,17-23,30H,1,3-10,13-14H2,2H3;12-13,18-23,29H,1,4-11,14-16H2,2-3H3;11-12,17-22,29H,1,3-10,13-15H2,2H3;12-13,17-22,28H,1,4-11,14-15H2,2-3H3/t19-,20+,21-,22-,23-,24+,25-,26+;17-,18+,19-,20-,21-,22+,24-,25-;18-,19+,20-,21-,22-,23+,24-,25-;2*17-,18+,19-,20-,21-,22+,23-,24-/m11111/s1. The summed E-state index contributed by atoms with van der Waals surface area (Å²) >= 11 is 5.64. The van der Waals surface area contributed by atoms with Gasteiger partial charge in [-0.05, 0) is 512 Å². The molecule has 5 heterocycles. The molecule has 5 N–H and O–H groups in total. The van der Waals surface area contributed by atoms with Crippen molar-refractivity contribution in [3.63, 3.8) is 0 Å². The molecular formula is C124H183ClF3N13O6. The first-order chi connectivity index (χ1) is 70.5. The van der Waals surface area contributed by atoms with Crippen molar-refractivity contribution in [3.05, 3.63) is 135 Å². The zero-order chi connectivity index (χ0) is 103. The SMILES string of the molecule is C=C(Cn1ccnc1)[C@H]1CC[C@H]2[C@@H]3CC[C@@H]4C[C@@](O)(C#CCl)CC[C@@H]4[C@H]3CC[C@]12C.C=C(Cn1ccnc1)[C@H]1CC[C@H]2[C@@H]3CC[C@@H]4C[C@@](O)(C(F)F)CC[C@@H]4[C@H]3CC[C@]12C.C=C(Cn1nccn1)[C@H]1CC[C@H]2[C@@H]3CC[C@@H]4C[C@@](O)(CF)CC[C@@H]4[C@H]3CC[C@]12C.C=C(Cn1nccn1)[C@H]1CC[C@H]2[C@@H]3CC[C@@H]4C[C@@](O)(COC)CC[C@@H]4[C@H]3CC[C@]12C.C=C(Cn1nccn1)[C@H]1CC[C@H]2[C@@H]3CC[C@@H]4C[C@](C)(O)CC[C@@H]4[C@H]3CC[C@]12C. The van der Waals surface area contributed by atoms with Crippen LogP contribution in [0.25, 0.3) is 0 Å². The number of hydrogen-bond acceptors (Lipinski definition) is 14. The van der Waals surface area contributed by atoms with E-state index in [2.05, 4.69) is 142 Å². The second-order valence-electron chi connectivity index (χ2n) is 55.4. The average Bonchev–Trinajstić information content (AvgIpc) is 1.61. The van der Waals surface area contributed by atoms with Gasteiger partial charge in [0.25, 0.3) is 6.43 Å². The van der Waals surface area contributed by atoms with Crippen LogP contribution in [0.1, 0.15) is 330 Å². The number of ether oxygens (including phenoxy) is 1. The first-order valence-electron chi connectivity index (χ1n) is 59.4. The molecular weight excluding hydrogens is 1860 g/mol. The predicted octanol–water partition coefficient (Wildman–Crippen LogP) is 25.5. The van der Waals surface area contributed by atoms with E-state index in [1.165, 1.54) is 220 Å². The largest absolute Gasteiger partial charge is 0.390 e. The fourth-order valence-electron chi connectivity index (χ4n) is 42.4. The van der Waals surface area contributed by atoms with Crippen molar-refractivity contribution in [1.82, 2.24) is 64.1 Å². The average molecular weight is 2040 g/mol. The van der Waals surface area contributed by atoms with Crippen molar-refractivity contribution in [2.45, 2.75) is 398 Å². The smallest absolute Gasteiger partial charge is 0.266 e. The summed E-state index contributed by atoms with van der Waals surface area (Å²) in [6.45, 7) is 41.3. The van der Waals surface area contributed by atoms with Gasteiger partial charge >= 0.3 is 0 Å². The lowest BCUT2D eigenvalue weighted by molar-refractivity contribution is -0.158. The summed E-state index contributed by atoms with van der Waals surface area (Å²) in [5.74, 6) is 24.9. The van der Waals surface area contributed by atoms with Gasteiger partial charge in [0, 0.05) is 50.4 Å². The van der Waals surface area contributed by atoms with Gasteiger partial charge in [0.2, 0.25) is 0 Å². The Morgan fingerprint density at radius 3 is 0.952 bits per heavy atom. The van der Waals surface area contributed by atoms with E-state index in [1.807, 2.05) is 31.2 Å². The number of nitrogens with zero attached hydrogens (tertiary/aromatic N) is 13. The van der Waals surface area contributed by atoms with Crippen molar-refractivity contribution in [3.8, 4) is 11.3 Å². The molecule has 23 heteroatoms. The van der Waals surface area contributed by atoms with E-state index in [0.717, 1.165) is 210 Å². The highest BCUT2D eigenvalue weighted by molar-refractivity contribution is 6.30. The zero-order valence-corrected chi connectivity index (χ0v) is 91.4. The summed E-state index contributed by atoms with van der Waals surface area (Å²) in [5, 5.41) is 81.5. The van der Waals surface area contributed by atoms with Crippen LogP contribution < -0.4 is 0 Å². The molecule has 5 aromatic rings. The Kier molecular flexibility index (Phi) is 30.9. The molecule has 20 fully saturated rings. The summed E-state index contributed by atoms with van der Waals surface area (Å²) < 4.78 is 49.8. The Hall–Kier alpha value is -6.06. The number of fused-ring (bicyclic) bond motifs is 25. The van der Waals surface area contributed by atoms with Gasteiger partial charge in [0.05, 0.1) is 92.9 Å². The Labute approximate surface area is 883 Å². The molecule has 0 aromatic carbocycles. The molecule has 0 spiro atoms. The predicted molar refractivity (Wildman–Crippen MR) is 571 cm³/mol. The first kappa shape index (κ1) is 107. The van der Waals surface area contributed by atoms with Crippen molar-refractivity contribution in [2.24, 2.45) is 205 Å². The quantitative estimate of drug-likeness (QED) is 0.0382. The van der Waals surface area contributed by atoms with Crippen molar-refractivity contribution >= 4 is 11.6 Å². The van der Waals surface area contributed by atoms with E-state index >= 15 is 0 Å². The summed E-state index contributed by atoms with van der Waals surface area (Å²) in [6.07, 6.45) is 71.2. The summed E-state index contributed by atoms with van der Waals surface area (Å²) in [7, 11) is 1.72. The topological polar surface area (TPSA) is 238 Å². The van der Waals surface area contributed by atoms with Crippen LogP contribution in [0.15, 0.2) is 135 Å². The summed E-state index contributed by atoms with van der Waals surface area (Å²) in [6, 6.07) is 0. The van der Waals surface area contributed by atoms with Crippen LogP contribution >= 0.6 is 11.6 Å². The van der Waals surface area contributed by atoms with Crippen LogP contribution in [0, 0.1) is 216 Å². The summed E-state index contributed by atoms with van der Waals surface area (Å²) in [5.41, 5.74) is 3.98. The van der Waals surface area contributed by atoms with Crippen LogP contribution in [0.2, 0.25) is 0 Å². The second kappa shape index (κ2) is 42.6. The third-order valence-electron chi connectivity index (χ3n) is 48.6. The molecule has 20 saturated carbocycles. The lowest BCUT2D eigenvalue weighted by Gasteiger charge is -2.57. The van der Waals surface area contributed by atoms with Crippen LogP contribution in [0.3, 0.4) is 0 Å². The Balaban J connectivity index is 0.000000108. The maximum absolute atomic E-state index is 13.4. The fourth-order valence-corrected chi connectivity index (χ4v) is 42.5. The normalized spacial score (nSPS) is 46.0. The maximum Gasteiger partial charge on any atom is 0.266 e.